The minimum Gasteiger partial charge on any atom is -0.480 e. The van der Waals surface area contributed by atoms with E-state index in [1.807, 2.05) is 13.8 Å². The first-order valence-corrected chi connectivity index (χ1v) is 7.42. The number of rotatable bonds is 7. The van der Waals surface area contributed by atoms with Gasteiger partial charge < -0.3 is 20.4 Å². The average molecular weight is 286 g/mol. The van der Waals surface area contributed by atoms with Crippen LogP contribution in [-0.2, 0) is 4.79 Å². The van der Waals surface area contributed by atoms with Crippen molar-refractivity contribution in [1.82, 2.24) is 10.2 Å². The first kappa shape index (κ1) is 16.8. The lowest BCUT2D eigenvalue weighted by molar-refractivity contribution is -0.140. The van der Waals surface area contributed by atoms with E-state index in [4.69, 9.17) is 5.11 Å². The molecule has 0 heterocycles. The molecule has 0 saturated heterocycles. The topological polar surface area (TPSA) is 89.9 Å². The molecule has 1 saturated carbocycles. The summed E-state index contributed by atoms with van der Waals surface area (Å²) >= 11 is 0. The van der Waals surface area contributed by atoms with Crippen LogP contribution in [0.3, 0.4) is 0 Å². The number of carboxylic acids is 1. The fraction of sp³-hybridized carbons (Fsp3) is 0.857. The molecular formula is C14H26N2O4. The van der Waals surface area contributed by atoms with Crippen LogP contribution in [0.15, 0.2) is 0 Å². The van der Waals surface area contributed by atoms with Gasteiger partial charge in [0.25, 0.3) is 0 Å². The van der Waals surface area contributed by atoms with Crippen LogP contribution in [-0.4, -0.2) is 52.3 Å². The number of carbonyl (C=O) groups is 2. The van der Waals surface area contributed by atoms with Crippen LogP contribution in [0, 0.1) is 5.92 Å². The summed E-state index contributed by atoms with van der Waals surface area (Å²) in [6.45, 7) is 3.86. The van der Waals surface area contributed by atoms with Crippen LogP contribution in [0.25, 0.3) is 0 Å². The molecule has 0 aromatic carbocycles. The van der Waals surface area contributed by atoms with Crippen molar-refractivity contribution in [2.24, 2.45) is 5.92 Å². The van der Waals surface area contributed by atoms with Crippen molar-refractivity contribution < 1.29 is 19.8 Å². The molecule has 0 aromatic heterocycles. The van der Waals surface area contributed by atoms with E-state index in [1.54, 1.807) is 4.90 Å². The Balaban J connectivity index is 2.70. The minimum atomic E-state index is -1.01. The Morgan fingerprint density at radius 3 is 2.40 bits per heavy atom. The minimum absolute atomic E-state index is 0.106. The standard InChI is InChI=1S/C14H26N2O4/c1-3-10(2)12(13(18)19)15-14(20)16(8-9-17)11-6-4-5-7-11/h10-12,17H,3-9H2,1-2H3,(H,15,20)(H,18,19)/t10-,12-/m0/s1. The monoisotopic (exact) mass is 286 g/mol. The number of urea groups is 1. The summed E-state index contributed by atoms with van der Waals surface area (Å²) in [6.07, 6.45) is 4.69. The summed E-state index contributed by atoms with van der Waals surface area (Å²) in [5.41, 5.74) is 0. The van der Waals surface area contributed by atoms with Crippen molar-refractivity contribution in [3.8, 4) is 0 Å². The molecule has 1 aliphatic rings. The maximum absolute atomic E-state index is 12.3. The summed E-state index contributed by atoms with van der Waals surface area (Å²) in [4.78, 5) is 25.1. The predicted molar refractivity (Wildman–Crippen MR) is 75.5 cm³/mol. The zero-order chi connectivity index (χ0) is 15.1. The lowest BCUT2D eigenvalue weighted by Gasteiger charge is -2.31. The second-order valence-electron chi connectivity index (χ2n) is 5.51. The zero-order valence-corrected chi connectivity index (χ0v) is 12.3. The molecule has 0 aliphatic heterocycles. The van der Waals surface area contributed by atoms with Crippen molar-refractivity contribution in [3.05, 3.63) is 0 Å². The molecule has 2 amide bonds. The largest absolute Gasteiger partial charge is 0.480 e. The molecule has 116 valence electrons. The van der Waals surface area contributed by atoms with Crippen molar-refractivity contribution in [2.45, 2.75) is 58.0 Å². The molecule has 0 unspecified atom stereocenters. The molecule has 20 heavy (non-hydrogen) atoms. The van der Waals surface area contributed by atoms with Gasteiger partial charge in [-0.15, -0.1) is 0 Å². The Labute approximate surface area is 120 Å². The fourth-order valence-electron chi connectivity index (χ4n) is 2.67. The van der Waals surface area contributed by atoms with Gasteiger partial charge in [-0.1, -0.05) is 33.1 Å². The second-order valence-corrected chi connectivity index (χ2v) is 5.51. The third kappa shape index (κ3) is 4.37. The highest BCUT2D eigenvalue weighted by Gasteiger charge is 2.31. The van der Waals surface area contributed by atoms with Crippen molar-refractivity contribution in [2.75, 3.05) is 13.2 Å². The third-order valence-corrected chi connectivity index (χ3v) is 4.13. The molecule has 0 bridgehead atoms. The highest BCUT2D eigenvalue weighted by atomic mass is 16.4. The van der Waals surface area contributed by atoms with Crippen molar-refractivity contribution in [1.29, 1.82) is 0 Å². The van der Waals surface area contributed by atoms with E-state index in [0.29, 0.717) is 6.42 Å². The number of aliphatic hydroxyl groups is 1. The molecule has 0 spiro atoms. The lowest BCUT2D eigenvalue weighted by atomic mass is 9.99. The van der Waals surface area contributed by atoms with E-state index < -0.39 is 12.0 Å². The van der Waals surface area contributed by atoms with E-state index in [9.17, 15) is 14.7 Å². The summed E-state index contributed by atoms with van der Waals surface area (Å²) in [7, 11) is 0. The molecule has 0 radical (unpaired) electrons. The Morgan fingerprint density at radius 2 is 1.95 bits per heavy atom. The number of carbonyl (C=O) groups excluding carboxylic acids is 1. The molecular weight excluding hydrogens is 260 g/mol. The van der Waals surface area contributed by atoms with Gasteiger partial charge in [0.15, 0.2) is 0 Å². The van der Waals surface area contributed by atoms with E-state index in [0.717, 1.165) is 25.7 Å². The Hall–Kier alpha value is -1.30. The first-order valence-electron chi connectivity index (χ1n) is 7.42. The number of aliphatic carboxylic acids is 1. The highest BCUT2D eigenvalue weighted by molar-refractivity contribution is 5.83. The highest BCUT2D eigenvalue weighted by Crippen LogP contribution is 2.23. The van der Waals surface area contributed by atoms with Crippen LogP contribution in [0.2, 0.25) is 0 Å². The number of aliphatic hydroxyl groups excluding tert-OH is 1. The maximum Gasteiger partial charge on any atom is 0.326 e. The smallest absolute Gasteiger partial charge is 0.326 e. The van der Waals surface area contributed by atoms with E-state index in [2.05, 4.69) is 5.32 Å². The van der Waals surface area contributed by atoms with E-state index >= 15 is 0 Å². The van der Waals surface area contributed by atoms with Gasteiger partial charge in [-0.2, -0.15) is 0 Å². The van der Waals surface area contributed by atoms with E-state index in [-0.39, 0.29) is 31.1 Å². The fourth-order valence-corrected chi connectivity index (χ4v) is 2.67. The third-order valence-electron chi connectivity index (χ3n) is 4.13. The number of hydrogen-bond donors (Lipinski definition) is 3. The van der Waals surface area contributed by atoms with Crippen LogP contribution in [0.1, 0.15) is 46.0 Å². The van der Waals surface area contributed by atoms with Gasteiger partial charge >= 0.3 is 12.0 Å². The van der Waals surface area contributed by atoms with Crippen molar-refractivity contribution >= 4 is 12.0 Å². The molecule has 6 nitrogen and oxygen atoms in total. The first-order chi connectivity index (χ1) is 9.51. The number of amides is 2. The molecule has 6 heteroatoms. The van der Waals surface area contributed by atoms with Gasteiger partial charge in [-0.05, 0) is 18.8 Å². The number of carboxylic acid groups (broad SMARTS) is 1. The number of nitrogens with one attached hydrogen (secondary N) is 1. The lowest BCUT2D eigenvalue weighted by Crippen LogP contribution is -2.53. The Morgan fingerprint density at radius 1 is 1.35 bits per heavy atom. The second kappa shape index (κ2) is 8.09. The quantitative estimate of drug-likeness (QED) is 0.660. The van der Waals surface area contributed by atoms with Crippen LogP contribution < -0.4 is 5.32 Å². The molecule has 1 rings (SSSR count). The maximum atomic E-state index is 12.3. The van der Waals surface area contributed by atoms with Gasteiger partial charge in [0.05, 0.1) is 6.61 Å². The van der Waals surface area contributed by atoms with Crippen LogP contribution in [0.4, 0.5) is 4.79 Å². The Bertz CT molecular complexity index is 329. The summed E-state index contributed by atoms with van der Waals surface area (Å²) < 4.78 is 0. The van der Waals surface area contributed by atoms with Gasteiger partial charge in [0, 0.05) is 12.6 Å². The van der Waals surface area contributed by atoms with Gasteiger partial charge in [-0.3, -0.25) is 0 Å². The van der Waals surface area contributed by atoms with Gasteiger partial charge in [0.1, 0.15) is 6.04 Å². The number of nitrogens with zero attached hydrogens (tertiary/aromatic N) is 1. The van der Waals surface area contributed by atoms with Crippen molar-refractivity contribution in [3.63, 3.8) is 0 Å². The SMILES string of the molecule is CC[C@H](C)[C@H](NC(=O)N(CCO)C1CCCC1)C(=O)O. The molecule has 1 aliphatic carbocycles. The van der Waals surface area contributed by atoms with Crippen LogP contribution >= 0.6 is 0 Å². The average Bonchev–Trinajstić information content (AvgIpc) is 2.94. The zero-order valence-electron chi connectivity index (χ0n) is 12.3. The predicted octanol–water partition coefficient (Wildman–Crippen LogP) is 1.43. The summed E-state index contributed by atoms with van der Waals surface area (Å²) in [6, 6.07) is -1.14. The molecule has 3 N–H and O–H groups in total. The van der Waals surface area contributed by atoms with E-state index in [1.165, 1.54) is 0 Å². The van der Waals surface area contributed by atoms with Gasteiger partial charge in [-0.25, -0.2) is 9.59 Å². The number of hydrogen-bond acceptors (Lipinski definition) is 3. The molecule has 1 fully saturated rings. The summed E-state index contributed by atoms with van der Waals surface area (Å²) in [5, 5.41) is 20.9. The van der Waals surface area contributed by atoms with Gasteiger partial charge in [0.2, 0.25) is 0 Å². The summed E-state index contributed by atoms with van der Waals surface area (Å²) in [5.74, 6) is -1.14. The Kier molecular flexibility index (Phi) is 6.78. The van der Waals surface area contributed by atoms with Crippen LogP contribution in [0.5, 0.6) is 0 Å². The normalized spacial score (nSPS) is 18.6. The molecule has 0 aromatic rings. The molecule has 2 atom stereocenters.